The average Bonchev–Trinajstić information content (AvgIpc) is 2.79. The van der Waals surface area contributed by atoms with Gasteiger partial charge in [-0.1, -0.05) is 6.42 Å². The smallest absolute Gasteiger partial charge is 0.00441 e. The van der Waals surface area contributed by atoms with Crippen molar-refractivity contribution in [3.8, 4) is 0 Å². The Hall–Kier alpha value is -0.0400. The molecule has 0 aromatic heterocycles. The van der Waals surface area contributed by atoms with Crippen LogP contribution in [0.2, 0.25) is 0 Å². The third-order valence-electron chi connectivity index (χ3n) is 4.59. The Labute approximate surface area is 81.1 Å². The van der Waals surface area contributed by atoms with Gasteiger partial charge in [-0.3, -0.25) is 0 Å². The summed E-state index contributed by atoms with van der Waals surface area (Å²) in [5, 5.41) is 0. The minimum absolute atomic E-state index is 0.558. The number of hydrogen-bond acceptors (Lipinski definition) is 1. The van der Waals surface area contributed by atoms with Gasteiger partial charge in [0.2, 0.25) is 0 Å². The summed E-state index contributed by atoms with van der Waals surface area (Å²) < 4.78 is 0. The van der Waals surface area contributed by atoms with Crippen molar-refractivity contribution < 1.29 is 0 Å². The normalized spacial score (nSPS) is 53.8. The van der Waals surface area contributed by atoms with E-state index in [0.717, 1.165) is 17.8 Å². The molecule has 0 aromatic carbocycles. The lowest BCUT2D eigenvalue weighted by Crippen LogP contribution is -2.37. The van der Waals surface area contributed by atoms with Gasteiger partial charge >= 0.3 is 0 Å². The van der Waals surface area contributed by atoms with Crippen LogP contribution >= 0.6 is 0 Å². The van der Waals surface area contributed by atoms with Crippen LogP contribution in [0.5, 0.6) is 0 Å². The third kappa shape index (κ3) is 1.63. The zero-order chi connectivity index (χ0) is 8.84. The van der Waals surface area contributed by atoms with Gasteiger partial charge in [0.15, 0.2) is 0 Å². The molecule has 0 radical (unpaired) electrons. The molecule has 3 rings (SSSR count). The molecule has 74 valence electrons. The van der Waals surface area contributed by atoms with Gasteiger partial charge < -0.3 is 5.73 Å². The first kappa shape index (κ1) is 8.28. The maximum absolute atomic E-state index is 5.81. The van der Waals surface area contributed by atoms with Crippen LogP contribution in [0, 0.1) is 23.7 Å². The molecule has 0 bridgehead atoms. The molecule has 3 saturated carbocycles. The highest BCUT2D eigenvalue weighted by molar-refractivity contribution is 4.94. The number of rotatable bonds is 2. The topological polar surface area (TPSA) is 26.0 Å². The fraction of sp³-hybridized carbons (Fsp3) is 1.00. The van der Waals surface area contributed by atoms with E-state index in [-0.39, 0.29) is 0 Å². The molecule has 3 atom stereocenters. The van der Waals surface area contributed by atoms with E-state index >= 15 is 0 Å². The van der Waals surface area contributed by atoms with E-state index in [2.05, 4.69) is 0 Å². The maximum Gasteiger partial charge on any atom is 0.00441 e. The molecule has 0 heterocycles. The van der Waals surface area contributed by atoms with Crippen LogP contribution in [0.3, 0.4) is 0 Å². The van der Waals surface area contributed by atoms with Gasteiger partial charge in [-0.25, -0.2) is 0 Å². The van der Waals surface area contributed by atoms with Crippen LogP contribution in [0.25, 0.3) is 0 Å². The van der Waals surface area contributed by atoms with Crippen molar-refractivity contribution in [1.82, 2.24) is 0 Å². The van der Waals surface area contributed by atoms with Gasteiger partial charge in [-0.15, -0.1) is 0 Å². The van der Waals surface area contributed by atoms with E-state index in [0.29, 0.717) is 6.04 Å². The van der Waals surface area contributed by atoms with Crippen molar-refractivity contribution in [2.45, 2.75) is 51.0 Å². The van der Waals surface area contributed by atoms with Crippen molar-refractivity contribution in [2.24, 2.45) is 29.4 Å². The molecular formula is C12H21N. The Morgan fingerprint density at radius 1 is 0.846 bits per heavy atom. The van der Waals surface area contributed by atoms with Crippen LogP contribution in [0.4, 0.5) is 0 Å². The predicted octanol–water partition coefficient (Wildman–Crippen LogP) is 2.55. The summed E-state index contributed by atoms with van der Waals surface area (Å²) in [6.45, 7) is 0. The Kier molecular flexibility index (Phi) is 1.90. The summed E-state index contributed by atoms with van der Waals surface area (Å²) in [6.07, 6.45) is 10.4. The van der Waals surface area contributed by atoms with Crippen LogP contribution in [0.1, 0.15) is 44.9 Å². The van der Waals surface area contributed by atoms with E-state index < -0.39 is 0 Å². The Bertz CT molecular complexity index is 195. The molecule has 0 saturated heterocycles. The van der Waals surface area contributed by atoms with E-state index in [1.165, 1.54) is 31.6 Å². The number of fused-ring (bicyclic) bond motifs is 1. The Morgan fingerprint density at radius 2 is 1.69 bits per heavy atom. The van der Waals surface area contributed by atoms with E-state index in [1.807, 2.05) is 0 Å². The van der Waals surface area contributed by atoms with Crippen LogP contribution in [-0.4, -0.2) is 6.04 Å². The molecule has 0 spiro atoms. The second-order valence-electron chi connectivity index (χ2n) is 5.77. The summed E-state index contributed by atoms with van der Waals surface area (Å²) in [7, 11) is 0. The molecule has 3 unspecified atom stereocenters. The molecule has 0 aliphatic heterocycles. The highest BCUT2D eigenvalue weighted by Gasteiger charge is 2.42. The summed E-state index contributed by atoms with van der Waals surface area (Å²) in [5.41, 5.74) is 5.81. The van der Waals surface area contributed by atoms with Gasteiger partial charge in [0.05, 0.1) is 0 Å². The molecule has 1 nitrogen and oxygen atoms in total. The monoisotopic (exact) mass is 179 g/mol. The first-order valence-electron chi connectivity index (χ1n) is 6.07. The minimum atomic E-state index is 0.558. The molecule has 3 aliphatic carbocycles. The van der Waals surface area contributed by atoms with E-state index in [1.54, 1.807) is 19.3 Å². The van der Waals surface area contributed by atoms with Gasteiger partial charge in [-0.05, 0) is 62.2 Å². The molecule has 0 aromatic rings. The second-order valence-corrected chi connectivity index (χ2v) is 5.77. The quantitative estimate of drug-likeness (QED) is 0.692. The largest absolute Gasteiger partial charge is 0.328 e. The van der Waals surface area contributed by atoms with Crippen molar-refractivity contribution in [1.29, 1.82) is 0 Å². The van der Waals surface area contributed by atoms with Crippen LogP contribution < -0.4 is 5.73 Å². The molecule has 13 heavy (non-hydrogen) atoms. The van der Waals surface area contributed by atoms with Crippen LogP contribution in [-0.2, 0) is 0 Å². The molecule has 1 heteroatoms. The van der Waals surface area contributed by atoms with Gasteiger partial charge in [0, 0.05) is 6.04 Å². The minimum Gasteiger partial charge on any atom is -0.328 e. The lowest BCUT2D eigenvalue weighted by molar-refractivity contribution is 0.187. The SMILES string of the molecule is NC1CC(CC2CCC3CC3C2)C1. The molecule has 0 amide bonds. The zero-order valence-corrected chi connectivity index (χ0v) is 8.41. The maximum atomic E-state index is 5.81. The van der Waals surface area contributed by atoms with Crippen molar-refractivity contribution in [3.63, 3.8) is 0 Å². The van der Waals surface area contributed by atoms with E-state index in [9.17, 15) is 0 Å². The average molecular weight is 179 g/mol. The number of hydrogen-bond donors (Lipinski definition) is 1. The predicted molar refractivity (Wildman–Crippen MR) is 54.3 cm³/mol. The summed E-state index contributed by atoms with van der Waals surface area (Å²) in [6, 6.07) is 0.558. The number of nitrogens with two attached hydrogens (primary N) is 1. The Balaban J connectivity index is 1.45. The van der Waals surface area contributed by atoms with E-state index in [4.69, 9.17) is 5.73 Å². The summed E-state index contributed by atoms with van der Waals surface area (Å²) in [5.74, 6) is 4.42. The lowest BCUT2D eigenvalue weighted by Gasteiger charge is -2.36. The van der Waals surface area contributed by atoms with Gasteiger partial charge in [-0.2, -0.15) is 0 Å². The second kappa shape index (κ2) is 2.98. The van der Waals surface area contributed by atoms with Gasteiger partial charge in [0.25, 0.3) is 0 Å². The molecular weight excluding hydrogens is 158 g/mol. The first-order valence-corrected chi connectivity index (χ1v) is 6.07. The first-order chi connectivity index (χ1) is 6.31. The van der Waals surface area contributed by atoms with Crippen LogP contribution in [0.15, 0.2) is 0 Å². The fourth-order valence-electron chi connectivity index (χ4n) is 3.61. The fourth-order valence-corrected chi connectivity index (χ4v) is 3.61. The van der Waals surface area contributed by atoms with Gasteiger partial charge in [0.1, 0.15) is 0 Å². The zero-order valence-electron chi connectivity index (χ0n) is 8.41. The summed E-state index contributed by atoms with van der Waals surface area (Å²) >= 11 is 0. The van der Waals surface area contributed by atoms with Crippen molar-refractivity contribution >= 4 is 0 Å². The highest BCUT2D eigenvalue weighted by Crippen LogP contribution is 2.53. The standard InChI is InChI=1S/C12H21N/c13-12-5-9(6-12)3-8-1-2-10-7-11(10)4-8/h8-12H,1-7,13H2. The van der Waals surface area contributed by atoms with Crippen molar-refractivity contribution in [3.05, 3.63) is 0 Å². The molecule has 3 fully saturated rings. The van der Waals surface area contributed by atoms with Crippen molar-refractivity contribution in [2.75, 3.05) is 0 Å². The molecule has 3 aliphatic rings. The Morgan fingerprint density at radius 3 is 2.38 bits per heavy atom. The highest BCUT2D eigenvalue weighted by atomic mass is 14.7. The summed E-state index contributed by atoms with van der Waals surface area (Å²) in [4.78, 5) is 0. The lowest BCUT2D eigenvalue weighted by atomic mass is 9.72. The molecule has 2 N–H and O–H groups in total. The third-order valence-corrected chi connectivity index (χ3v) is 4.59.